The van der Waals surface area contributed by atoms with Gasteiger partial charge in [0.2, 0.25) is 15.9 Å². The molecular formula is C28H32FN3O4S. The molecule has 0 unspecified atom stereocenters. The zero-order chi connectivity index (χ0) is 27.0. The van der Waals surface area contributed by atoms with Crippen LogP contribution in [0.2, 0.25) is 0 Å². The summed E-state index contributed by atoms with van der Waals surface area (Å²) < 4.78 is 49.9. The summed E-state index contributed by atoms with van der Waals surface area (Å²) in [7, 11) is -3.86. The zero-order valence-electron chi connectivity index (χ0n) is 21.7. The van der Waals surface area contributed by atoms with Gasteiger partial charge in [0.05, 0.1) is 22.2 Å². The Morgan fingerprint density at radius 3 is 2.51 bits per heavy atom. The molecule has 0 saturated heterocycles. The number of carbonyl (C=O) groups is 1. The minimum atomic E-state index is -3.86. The number of amides is 1. The maximum absolute atomic E-state index is 14.6. The van der Waals surface area contributed by atoms with Crippen molar-refractivity contribution in [3.05, 3.63) is 82.8 Å². The maximum atomic E-state index is 14.6. The van der Waals surface area contributed by atoms with Crippen LogP contribution >= 0.6 is 0 Å². The van der Waals surface area contributed by atoms with Gasteiger partial charge in [0.1, 0.15) is 11.4 Å². The van der Waals surface area contributed by atoms with Crippen molar-refractivity contribution in [1.82, 2.24) is 9.71 Å². The lowest BCUT2D eigenvalue weighted by atomic mass is 9.91. The molecule has 0 bridgehead atoms. The van der Waals surface area contributed by atoms with Crippen molar-refractivity contribution in [2.24, 2.45) is 0 Å². The molecule has 2 aromatic carbocycles. The van der Waals surface area contributed by atoms with Gasteiger partial charge in [-0.2, -0.15) is 0 Å². The summed E-state index contributed by atoms with van der Waals surface area (Å²) in [6.45, 7) is 9.54. The molecule has 3 aromatic rings. The first-order valence-electron chi connectivity index (χ1n) is 12.3. The van der Waals surface area contributed by atoms with Gasteiger partial charge < -0.3 is 9.64 Å². The van der Waals surface area contributed by atoms with Gasteiger partial charge in [-0.3, -0.25) is 4.79 Å². The first-order valence-corrected chi connectivity index (χ1v) is 13.8. The van der Waals surface area contributed by atoms with Crippen LogP contribution in [0.5, 0.6) is 5.88 Å². The lowest BCUT2D eigenvalue weighted by Crippen LogP contribution is -2.42. The predicted octanol–water partition coefficient (Wildman–Crippen LogP) is 5.34. The zero-order valence-corrected chi connectivity index (χ0v) is 22.5. The van der Waals surface area contributed by atoms with Crippen LogP contribution in [0.1, 0.15) is 67.2 Å². The molecular weight excluding hydrogens is 493 g/mol. The number of aromatic nitrogens is 1. The first kappa shape index (κ1) is 26.8. The molecule has 0 aliphatic carbocycles. The number of carbonyl (C=O) groups excluding carboxylic acids is 1. The quantitative estimate of drug-likeness (QED) is 0.450. The van der Waals surface area contributed by atoms with E-state index in [1.807, 2.05) is 27.7 Å². The van der Waals surface area contributed by atoms with E-state index in [1.54, 1.807) is 49.4 Å². The average molecular weight is 526 g/mol. The number of pyridine rings is 1. The third-order valence-corrected chi connectivity index (χ3v) is 7.95. The molecule has 37 heavy (non-hydrogen) atoms. The van der Waals surface area contributed by atoms with E-state index in [0.717, 1.165) is 17.5 Å². The van der Waals surface area contributed by atoms with Gasteiger partial charge in [-0.15, -0.1) is 0 Å². The second-order valence-electron chi connectivity index (χ2n) is 9.86. The van der Waals surface area contributed by atoms with Gasteiger partial charge in [-0.1, -0.05) is 25.1 Å². The minimum Gasteiger partial charge on any atom is -0.471 e. The average Bonchev–Trinajstić information content (AvgIpc) is 2.85. The van der Waals surface area contributed by atoms with Crippen LogP contribution in [0, 0.1) is 12.7 Å². The normalized spacial score (nSPS) is 16.5. The van der Waals surface area contributed by atoms with Crippen molar-refractivity contribution in [3.8, 4) is 5.88 Å². The Morgan fingerprint density at radius 2 is 1.86 bits per heavy atom. The van der Waals surface area contributed by atoms with Crippen molar-refractivity contribution < 1.29 is 22.3 Å². The third-order valence-electron chi connectivity index (χ3n) is 6.46. The largest absolute Gasteiger partial charge is 0.471 e. The number of anilines is 1. The molecule has 196 valence electrons. The van der Waals surface area contributed by atoms with E-state index in [-0.39, 0.29) is 28.6 Å². The fourth-order valence-electron chi connectivity index (χ4n) is 4.50. The number of rotatable bonds is 7. The molecule has 4 rings (SSSR count). The van der Waals surface area contributed by atoms with Gasteiger partial charge in [-0.25, -0.2) is 22.5 Å². The Kier molecular flexibility index (Phi) is 7.39. The summed E-state index contributed by atoms with van der Waals surface area (Å²) in [5, 5.41) is 0. The number of benzene rings is 2. The number of nitrogens with one attached hydrogen (secondary N) is 1. The van der Waals surface area contributed by atoms with E-state index >= 15 is 0 Å². The Labute approximate surface area is 217 Å². The topological polar surface area (TPSA) is 88.6 Å². The van der Waals surface area contributed by atoms with E-state index < -0.39 is 33.4 Å². The number of hydrogen-bond donors (Lipinski definition) is 1. The van der Waals surface area contributed by atoms with Crippen LogP contribution < -0.4 is 14.4 Å². The third kappa shape index (κ3) is 5.67. The van der Waals surface area contributed by atoms with Crippen molar-refractivity contribution in [2.75, 3.05) is 11.4 Å². The van der Waals surface area contributed by atoms with E-state index in [4.69, 9.17) is 4.74 Å². The predicted molar refractivity (Wildman–Crippen MR) is 141 cm³/mol. The molecule has 0 spiro atoms. The summed E-state index contributed by atoms with van der Waals surface area (Å²) in [5.41, 5.74) is 2.01. The summed E-state index contributed by atoms with van der Waals surface area (Å²) in [6.07, 6.45) is 2.52. The fourth-order valence-corrected chi connectivity index (χ4v) is 5.71. The van der Waals surface area contributed by atoms with E-state index in [1.165, 1.54) is 17.2 Å². The van der Waals surface area contributed by atoms with Crippen LogP contribution in [0.4, 0.5) is 10.1 Å². The molecule has 0 fully saturated rings. The molecule has 2 heterocycles. The first-order chi connectivity index (χ1) is 17.4. The highest BCUT2D eigenvalue weighted by molar-refractivity contribution is 7.89. The molecule has 9 heteroatoms. The van der Waals surface area contributed by atoms with Crippen LogP contribution in [0.25, 0.3) is 0 Å². The van der Waals surface area contributed by atoms with Crippen LogP contribution in [-0.4, -0.2) is 31.5 Å². The lowest BCUT2D eigenvalue weighted by Gasteiger charge is -2.37. The number of sulfonamides is 1. The molecule has 1 N–H and O–H groups in total. The molecule has 0 saturated carbocycles. The highest BCUT2D eigenvalue weighted by Gasteiger charge is 2.38. The van der Waals surface area contributed by atoms with Crippen LogP contribution in [-0.2, 0) is 16.4 Å². The van der Waals surface area contributed by atoms with Crippen LogP contribution in [0.15, 0.2) is 59.6 Å². The second kappa shape index (κ2) is 10.2. The van der Waals surface area contributed by atoms with Crippen molar-refractivity contribution in [2.45, 2.75) is 64.0 Å². The number of fused-ring (bicyclic) bond motifs is 1. The number of nitrogens with zero attached hydrogens (tertiary/aromatic N) is 2. The molecule has 1 aliphatic rings. The Hall–Kier alpha value is -3.30. The second-order valence-corrected chi connectivity index (χ2v) is 11.6. The van der Waals surface area contributed by atoms with Gasteiger partial charge in [0.15, 0.2) is 0 Å². The minimum absolute atomic E-state index is 0.155. The summed E-state index contributed by atoms with van der Waals surface area (Å²) >= 11 is 0. The van der Waals surface area contributed by atoms with E-state index in [2.05, 4.69) is 9.71 Å². The molecule has 1 aromatic heterocycles. The van der Waals surface area contributed by atoms with Gasteiger partial charge >= 0.3 is 0 Å². The Morgan fingerprint density at radius 1 is 1.16 bits per heavy atom. The van der Waals surface area contributed by atoms with Crippen LogP contribution in [0.3, 0.4) is 0 Å². The van der Waals surface area contributed by atoms with Crippen molar-refractivity contribution >= 4 is 21.6 Å². The van der Waals surface area contributed by atoms with E-state index in [0.29, 0.717) is 12.0 Å². The summed E-state index contributed by atoms with van der Waals surface area (Å²) in [4.78, 5) is 19.3. The standard InChI is InChI=1S/C28H32FN3O4S/c1-6-19-9-11-21(12-10-19)37(34,35)31-24-16-28(4,5)36-26-22(24)15-20(17-30-26)27(33)32(7-2)25-14-18(3)8-13-23(25)29/h8-15,17,24,31H,6-7,16H2,1-5H3/t24-/m0/s1. The molecule has 1 atom stereocenters. The molecule has 1 amide bonds. The highest BCUT2D eigenvalue weighted by atomic mass is 32.2. The number of ether oxygens (including phenoxy) is 1. The number of aryl methyl sites for hydroxylation is 2. The maximum Gasteiger partial charge on any atom is 0.259 e. The smallest absolute Gasteiger partial charge is 0.259 e. The Balaban J connectivity index is 1.70. The van der Waals surface area contributed by atoms with Gasteiger partial charge in [-0.05, 0) is 75.6 Å². The number of hydrogen-bond acceptors (Lipinski definition) is 5. The summed E-state index contributed by atoms with van der Waals surface area (Å²) in [6, 6.07) is 12.2. The van der Waals surface area contributed by atoms with Gasteiger partial charge in [0, 0.05) is 24.7 Å². The monoisotopic (exact) mass is 525 g/mol. The van der Waals surface area contributed by atoms with E-state index in [9.17, 15) is 17.6 Å². The molecule has 7 nitrogen and oxygen atoms in total. The molecule has 1 aliphatic heterocycles. The SMILES string of the molecule is CCc1ccc(S(=O)(=O)N[C@H]2CC(C)(C)Oc3ncc(C(=O)N(CC)c4cc(C)ccc4F)cc32)cc1. The molecule has 0 radical (unpaired) electrons. The lowest BCUT2D eigenvalue weighted by molar-refractivity contribution is 0.0640. The fraction of sp³-hybridized carbons (Fsp3) is 0.357. The Bertz CT molecular complexity index is 1420. The summed E-state index contributed by atoms with van der Waals surface area (Å²) in [5.74, 6) is -0.688. The van der Waals surface area contributed by atoms with Crippen molar-refractivity contribution in [1.29, 1.82) is 0 Å². The number of halogens is 1. The van der Waals surface area contributed by atoms with Crippen molar-refractivity contribution in [3.63, 3.8) is 0 Å². The van der Waals surface area contributed by atoms with Gasteiger partial charge in [0.25, 0.3) is 5.91 Å². The highest BCUT2D eigenvalue weighted by Crippen LogP contribution is 2.39.